The van der Waals surface area contributed by atoms with Crippen LogP contribution in [0.3, 0.4) is 0 Å². The maximum Gasteiger partial charge on any atom is 0.254 e. The molecule has 1 heterocycles. The Balaban J connectivity index is 2.36. The number of hydrogen-bond donors (Lipinski definition) is 0. The SMILES string of the molecule is Cc1ccc(Cn2c(C)nc(C)cc2=O)cc1. The highest BCUT2D eigenvalue weighted by Crippen LogP contribution is 2.05. The van der Waals surface area contributed by atoms with E-state index in [0.717, 1.165) is 17.1 Å². The Morgan fingerprint density at radius 3 is 2.35 bits per heavy atom. The number of nitrogens with zero attached hydrogens (tertiary/aromatic N) is 2. The fraction of sp³-hybridized carbons (Fsp3) is 0.286. The molecule has 0 amide bonds. The van der Waals surface area contributed by atoms with Gasteiger partial charge in [-0.1, -0.05) is 29.8 Å². The molecule has 0 fully saturated rings. The third kappa shape index (κ3) is 2.61. The number of rotatable bonds is 2. The minimum atomic E-state index is 0.00979. The number of aromatic nitrogens is 2. The Hall–Kier alpha value is -1.90. The second-order valence-corrected chi connectivity index (χ2v) is 4.35. The van der Waals surface area contributed by atoms with Gasteiger partial charge in [-0.3, -0.25) is 9.36 Å². The fourth-order valence-corrected chi connectivity index (χ4v) is 1.83. The fourth-order valence-electron chi connectivity index (χ4n) is 1.83. The molecule has 0 N–H and O–H groups in total. The normalized spacial score (nSPS) is 10.5. The second-order valence-electron chi connectivity index (χ2n) is 4.35. The zero-order valence-corrected chi connectivity index (χ0v) is 10.4. The first-order valence-electron chi connectivity index (χ1n) is 5.67. The molecule has 0 saturated carbocycles. The minimum Gasteiger partial charge on any atom is -0.292 e. The van der Waals surface area contributed by atoms with Crippen molar-refractivity contribution in [3.05, 3.63) is 63.3 Å². The highest BCUT2D eigenvalue weighted by molar-refractivity contribution is 5.22. The molecule has 0 aliphatic heterocycles. The molecule has 88 valence electrons. The van der Waals surface area contributed by atoms with Crippen LogP contribution in [0.25, 0.3) is 0 Å². The molecule has 0 radical (unpaired) electrons. The summed E-state index contributed by atoms with van der Waals surface area (Å²) >= 11 is 0. The summed E-state index contributed by atoms with van der Waals surface area (Å²) in [7, 11) is 0. The van der Waals surface area contributed by atoms with Gasteiger partial charge >= 0.3 is 0 Å². The summed E-state index contributed by atoms with van der Waals surface area (Å²) in [6.45, 7) is 6.33. The summed E-state index contributed by atoms with van der Waals surface area (Å²) < 4.78 is 1.69. The Labute approximate surface area is 101 Å². The molecule has 0 unspecified atom stereocenters. The van der Waals surface area contributed by atoms with E-state index in [9.17, 15) is 4.79 Å². The molecule has 2 aromatic rings. The van der Waals surface area contributed by atoms with Crippen LogP contribution in [0.4, 0.5) is 0 Å². The van der Waals surface area contributed by atoms with Gasteiger partial charge in [-0.25, -0.2) is 4.98 Å². The molecular weight excluding hydrogens is 212 g/mol. The first-order valence-corrected chi connectivity index (χ1v) is 5.67. The predicted molar refractivity (Wildman–Crippen MR) is 68.3 cm³/mol. The molecule has 0 bridgehead atoms. The first-order chi connectivity index (χ1) is 8.06. The Bertz CT molecular complexity index is 582. The van der Waals surface area contributed by atoms with Crippen LogP contribution in [-0.4, -0.2) is 9.55 Å². The van der Waals surface area contributed by atoms with E-state index in [1.807, 2.05) is 26.0 Å². The highest BCUT2D eigenvalue weighted by atomic mass is 16.1. The summed E-state index contributed by atoms with van der Waals surface area (Å²) in [6.07, 6.45) is 0. The maximum atomic E-state index is 11.9. The lowest BCUT2D eigenvalue weighted by Crippen LogP contribution is -2.24. The monoisotopic (exact) mass is 228 g/mol. The number of hydrogen-bond acceptors (Lipinski definition) is 2. The van der Waals surface area contributed by atoms with Gasteiger partial charge in [0.1, 0.15) is 5.82 Å². The highest BCUT2D eigenvalue weighted by Gasteiger charge is 2.03. The van der Waals surface area contributed by atoms with Crippen LogP contribution in [-0.2, 0) is 6.54 Å². The molecule has 0 spiro atoms. The van der Waals surface area contributed by atoms with E-state index >= 15 is 0 Å². The van der Waals surface area contributed by atoms with Crippen LogP contribution in [0.1, 0.15) is 22.6 Å². The van der Waals surface area contributed by atoms with Crippen molar-refractivity contribution in [2.24, 2.45) is 0 Å². The van der Waals surface area contributed by atoms with Crippen LogP contribution in [0.5, 0.6) is 0 Å². The first kappa shape index (κ1) is 11.6. The van der Waals surface area contributed by atoms with E-state index in [4.69, 9.17) is 0 Å². The van der Waals surface area contributed by atoms with Crippen molar-refractivity contribution in [3.8, 4) is 0 Å². The summed E-state index contributed by atoms with van der Waals surface area (Å²) in [4.78, 5) is 16.2. The molecule has 0 saturated heterocycles. The molecular formula is C14H16N2O. The lowest BCUT2D eigenvalue weighted by Gasteiger charge is -2.09. The van der Waals surface area contributed by atoms with Gasteiger partial charge in [0.25, 0.3) is 5.56 Å². The van der Waals surface area contributed by atoms with Gasteiger partial charge in [-0.15, -0.1) is 0 Å². The van der Waals surface area contributed by atoms with Crippen LogP contribution in [0.2, 0.25) is 0 Å². The van der Waals surface area contributed by atoms with Crippen LogP contribution in [0, 0.1) is 20.8 Å². The second kappa shape index (κ2) is 4.53. The molecule has 0 aliphatic carbocycles. The number of benzene rings is 1. The Morgan fingerprint density at radius 1 is 1.12 bits per heavy atom. The van der Waals surface area contributed by atoms with E-state index in [2.05, 4.69) is 24.0 Å². The average molecular weight is 228 g/mol. The average Bonchev–Trinajstić information content (AvgIpc) is 2.26. The summed E-state index contributed by atoms with van der Waals surface area (Å²) in [6, 6.07) is 9.76. The molecule has 2 rings (SSSR count). The van der Waals surface area contributed by atoms with Crippen molar-refractivity contribution in [2.45, 2.75) is 27.3 Å². The van der Waals surface area contributed by atoms with E-state index < -0.39 is 0 Å². The zero-order chi connectivity index (χ0) is 12.4. The van der Waals surface area contributed by atoms with Gasteiger partial charge in [-0.05, 0) is 26.3 Å². The van der Waals surface area contributed by atoms with Crippen molar-refractivity contribution in [3.63, 3.8) is 0 Å². The van der Waals surface area contributed by atoms with Crippen molar-refractivity contribution < 1.29 is 0 Å². The molecule has 17 heavy (non-hydrogen) atoms. The van der Waals surface area contributed by atoms with Crippen LogP contribution in [0.15, 0.2) is 35.1 Å². The minimum absolute atomic E-state index is 0.00979. The largest absolute Gasteiger partial charge is 0.292 e. The smallest absolute Gasteiger partial charge is 0.254 e. The van der Waals surface area contributed by atoms with Gasteiger partial charge in [0.05, 0.1) is 6.54 Å². The van der Waals surface area contributed by atoms with Gasteiger partial charge in [0.15, 0.2) is 0 Å². The molecule has 0 aliphatic rings. The predicted octanol–water partition coefficient (Wildman–Crippen LogP) is 2.22. The Morgan fingerprint density at radius 2 is 1.76 bits per heavy atom. The van der Waals surface area contributed by atoms with Crippen LogP contribution < -0.4 is 5.56 Å². The quantitative estimate of drug-likeness (QED) is 0.790. The van der Waals surface area contributed by atoms with Gasteiger partial charge in [0.2, 0.25) is 0 Å². The molecule has 3 heteroatoms. The molecule has 0 atom stereocenters. The van der Waals surface area contributed by atoms with E-state index in [1.165, 1.54) is 5.56 Å². The van der Waals surface area contributed by atoms with Crippen molar-refractivity contribution in [1.82, 2.24) is 9.55 Å². The van der Waals surface area contributed by atoms with Gasteiger partial charge in [0, 0.05) is 11.8 Å². The van der Waals surface area contributed by atoms with E-state index in [-0.39, 0.29) is 5.56 Å². The topological polar surface area (TPSA) is 34.9 Å². The van der Waals surface area contributed by atoms with E-state index in [1.54, 1.807) is 10.6 Å². The third-order valence-corrected chi connectivity index (χ3v) is 2.79. The summed E-state index contributed by atoms with van der Waals surface area (Å²) in [5.74, 6) is 0.760. The van der Waals surface area contributed by atoms with Gasteiger partial charge < -0.3 is 0 Å². The summed E-state index contributed by atoms with van der Waals surface area (Å²) in [5.41, 5.74) is 3.12. The molecule has 1 aromatic carbocycles. The maximum absolute atomic E-state index is 11.9. The molecule has 3 nitrogen and oxygen atoms in total. The Kier molecular flexibility index (Phi) is 3.09. The van der Waals surface area contributed by atoms with E-state index in [0.29, 0.717) is 6.54 Å². The van der Waals surface area contributed by atoms with Crippen molar-refractivity contribution >= 4 is 0 Å². The lowest BCUT2D eigenvalue weighted by molar-refractivity contribution is 0.694. The standard InChI is InChI=1S/C14H16N2O/c1-10-4-6-13(7-5-10)9-16-12(3)15-11(2)8-14(16)17/h4-8H,9H2,1-3H3. The van der Waals surface area contributed by atoms with Gasteiger partial charge in [-0.2, -0.15) is 0 Å². The van der Waals surface area contributed by atoms with Crippen molar-refractivity contribution in [2.75, 3.05) is 0 Å². The molecule has 1 aromatic heterocycles. The van der Waals surface area contributed by atoms with Crippen LogP contribution >= 0.6 is 0 Å². The third-order valence-electron chi connectivity index (χ3n) is 2.79. The number of aryl methyl sites for hydroxylation is 3. The van der Waals surface area contributed by atoms with Crippen molar-refractivity contribution in [1.29, 1.82) is 0 Å². The lowest BCUT2D eigenvalue weighted by atomic mass is 10.1. The zero-order valence-electron chi connectivity index (χ0n) is 10.4. The summed E-state index contributed by atoms with van der Waals surface area (Å²) in [5, 5.41) is 0.